The van der Waals surface area contributed by atoms with Crippen LogP contribution in [-0.2, 0) is 10.0 Å². The molecule has 0 N–H and O–H groups in total. The van der Waals surface area contributed by atoms with Crippen molar-refractivity contribution in [1.29, 1.82) is 0 Å². The molecule has 0 aromatic heterocycles. The van der Waals surface area contributed by atoms with Crippen LogP contribution in [0.3, 0.4) is 0 Å². The minimum Gasteiger partial charge on any atom is -0.496 e. The summed E-state index contributed by atoms with van der Waals surface area (Å²) in [6.45, 7) is 11.4. The standard InChI is InChI=1S/C18H29NO3S/c1-12(2)16-9-18(15(5)8-17(16)22-6)23(20,21)19-10-13(3)7-14(4)11-19/h8-9,12-14H,7,10-11H2,1-6H3/t13-,14-/m1/s1. The molecule has 2 rings (SSSR count). The number of benzene rings is 1. The van der Waals surface area contributed by atoms with Gasteiger partial charge in [-0.1, -0.05) is 27.7 Å². The van der Waals surface area contributed by atoms with E-state index in [1.807, 2.05) is 13.0 Å². The second-order valence-corrected chi connectivity index (χ2v) is 9.19. The first-order valence-electron chi connectivity index (χ1n) is 8.35. The van der Waals surface area contributed by atoms with Crippen LogP contribution in [0.1, 0.15) is 51.2 Å². The third-order valence-corrected chi connectivity index (χ3v) is 6.58. The van der Waals surface area contributed by atoms with E-state index in [0.717, 1.165) is 23.3 Å². The Hall–Kier alpha value is -1.07. The van der Waals surface area contributed by atoms with Crippen molar-refractivity contribution in [3.8, 4) is 5.75 Å². The fraction of sp³-hybridized carbons (Fsp3) is 0.667. The summed E-state index contributed by atoms with van der Waals surface area (Å²) in [5.74, 6) is 1.77. The Labute approximate surface area is 140 Å². The molecule has 0 spiro atoms. The van der Waals surface area contributed by atoms with Gasteiger partial charge < -0.3 is 4.74 Å². The SMILES string of the molecule is COc1cc(C)c(S(=O)(=O)N2C[C@H](C)C[C@@H](C)C2)cc1C(C)C. The maximum Gasteiger partial charge on any atom is 0.243 e. The van der Waals surface area contributed by atoms with Crippen LogP contribution in [0.15, 0.2) is 17.0 Å². The molecule has 1 heterocycles. The van der Waals surface area contributed by atoms with Gasteiger partial charge in [-0.05, 0) is 54.4 Å². The number of hydrogen-bond acceptors (Lipinski definition) is 3. The molecule has 23 heavy (non-hydrogen) atoms. The zero-order chi connectivity index (χ0) is 17.4. The highest BCUT2D eigenvalue weighted by Gasteiger charge is 2.33. The van der Waals surface area contributed by atoms with E-state index in [1.54, 1.807) is 17.5 Å². The van der Waals surface area contributed by atoms with Gasteiger partial charge in [-0.25, -0.2) is 8.42 Å². The molecule has 1 aromatic carbocycles. The lowest BCUT2D eigenvalue weighted by Crippen LogP contribution is -2.42. The monoisotopic (exact) mass is 339 g/mol. The molecule has 130 valence electrons. The molecular formula is C18H29NO3S. The molecule has 5 heteroatoms. The first-order chi connectivity index (χ1) is 10.7. The maximum atomic E-state index is 13.2. The molecule has 0 radical (unpaired) electrons. The highest BCUT2D eigenvalue weighted by atomic mass is 32.2. The Kier molecular flexibility index (Phi) is 5.41. The number of hydrogen-bond donors (Lipinski definition) is 0. The topological polar surface area (TPSA) is 46.6 Å². The normalized spacial score (nSPS) is 23.3. The Morgan fingerprint density at radius 2 is 1.74 bits per heavy atom. The summed E-state index contributed by atoms with van der Waals surface area (Å²) in [6.07, 6.45) is 1.09. The maximum absolute atomic E-state index is 13.2. The third-order valence-electron chi connectivity index (χ3n) is 4.60. The predicted octanol–water partition coefficient (Wildman–Crippen LogP) is 3.79. The summed E-state index contributed by atoms with van der Waals surface area (Å²) in [6, 6.07) is 3.65. The number of sulfonamides is 1. The van der Waals surface area contributed by atoms with Crippen LogP contribution < -0.4 is 4.74 Å². The zero-order valence-corrected chi connectivity index (χ0v) is 15.9. The minimum atomic E-state index is -3.46. The Morgan fingerprint density at radius 3 is 2.22 bits per heavy atom. The average molecular weight is 340 g/mol. The van der Waals surface area contributed by atoms with Gasteiger partial charge >= 0.3 is 0 Å². The van der Waals surface area contributed by atoms with Crippen LogP contribution in [0.25, 0.3) is 0 Å². The molecule has 1 aliphatic heterocycles. The van der Waals surface area contributed by atoms with Crippen molar-refractivity contribution in [1.82, 2.24) is 4.31 Å². The van der Waals surface area contributed by atoms with Gasteiger partial charge in [0, 0.05) is 13.1 Å². The lowest BCUT2D eigenvalue weighted by atomic mass is 9.94. The van der Waals surface area contributed by atoms with Gasteiger partial charge in [-0.2, -0.15) is 4.31 Å². The quantitative estimate of drug-likeness (QED) is 0.838. The molecule has 0 bridgehead atoms. The summed E-state index contributed by atoms with van der Waals surface area (Å²) >= 11 is 0. The van der Waals surface area contributed by atoms with E-state index in [2.05, 4.69) is 27.7 Å². The van der Waals surface area contributed by atoms with Crippen molar-refractivity contribution in [2.45, 2.75) is 51.9 Å². The van der Waals surface area contributed by atoms with Gasteiger partial charge in [-0.15, -0.1) is 0 Å². The largest absolute Gasteiger partial charge is 0.496 e. The molecule has 4 nitrogen and oxygen atoms in total. The molecule has 1 saturated heterocycles. The predicted molar refractivity (Wildman–Crippen MR) is 93.5 cm³/mol. The van der Waals surface area contributed by atoms with Crippen LogP contribution >= 0.6 is 0 Å². The number of aryl methyl sites for hydroxylation is 1. The highest BCUT2D eigenvalue weighted by molar-refractivity contribution is 7.89. The lowest BCUT2D eigenvalue weighted by molar-refractivity contribution is 0.222. The van der Waals surface area contributed by atoms with Crippen molar-refractivity contribution in [3.63, 3.8) is 0 Å². The number of ether oxygens (including phenoxy) is 1. The zero-order valence-electron chi connectivity index (χ0n) is 15.1. The van der Waals surface area contributed by atoms with E-state index < -0.39 is 10.0 Å². The van der Waals surface area contributed by atoms with Gasteiger partial charge in [0.05, 0.1) is 12.0 Å². The van der Waals surface area contributed by atoms with E-state index >= 15 is 0 Å². The minimum absolute atomic E-state index is 0.207. The van der Waals surface area contributed by atoms with E-state index in [9.17, 15) is 8.42 Å². The average Bonchev–Trinajstić information content (AvgIpc) is 2.45. The van der Waals surface area contributed by atoms with E-state index in [4.69, 9.17) is 4.74 Å². The molecular weight excluding hydrogens is 310 g/mol. The van der Waals surface area contributed by atoms with Crippen LogP contribution in [0.5, 0.6) is 5.75 Å². The van der Waals surface area contributed by atoms with Crippen molar-refractivity contribution in [2.24, 2.45) is 11.8 Å². The third kappa shape index (κ3) is 3.72. The first-order valence-corrected chi connectivity index (χ1v) is 9.79. The van der Waals surface area contributed by atoms with Crippen LogP contribution in [0.2, 0.25) is 0 Å². The van der Waals surface area contributed by atoms with Crippen LogP contribution in [0.4, 0.5) is 0 Å². The molecule has 0 unspecified atom stereocenters. The van der Waals surface area contributed by atoms with E-state index in [1.165, 1.54) is 0 Å². The number of rotatable bonds is 4. The number of methoxy groups -OCH3 is 1. The fourth-order valence-corrected chi connectivity index (χ4v) is 5.45. The number of nitrogens with zero attached hydrogens (tertiary/aromatic N) is 1. The van der Waals surface area contributed by atoms with Gasteiger partial charge in [-0.3, -0.25) is 0 Å². The van der Waals surface area contributed by atoms with Crippen molar-refractivity contribution < 1.29 is 13.2 Å². The lowest BCUT2D eigenvalue weighted by Gasteiger charge is -2.34. The second kappa shape index (κ2) is 6.81. The van der Waals surface area contributed by atoms with Gasteiger partial charge in [0.1, 0.15) is 5.75 Å². The van der Waals surface area contributed by atoms with E-state index in [-0.39, 0.29) is 5.92 Å². The fourth-order valence-electron chi connectivity index (χ4n) is 3.52. The van der Waals surface area contributed by atoms with Gasteiger partial charge in [0.25, 0.3) is 0 Å². The molecule has 1 aliphatic rings. The Morgan fingerprint density at radius 1 is 1.17 bits per heavy atom. The smallest absolute Gasteiger partial charge is 0.243 e. The molecule has 0 saturated carbocycles. The molecule has 2 atom stereocenters. The van der Waals surface area contributed by atoms with Crippen molar-refractivity contribution >= 4 is 10.0 Å². The molecule has 1 aromatic rings. The van der Waals surface area contributed by atoms with E-state index in [0.29, 0.717) is 29.8 Å². The second-order valence-electron chi connectivity index (χ2n) is 7.28. The highest BCUT2D eigenvalue weighted by Crippen LogP contribution is 2.34. The Bertz CT molecular complexity index is 657. The Balaban J connectivity index is 2.49. The summed E-state index contributed by atoms with van der Waals surface area (Å²) in [7, 11) is -1.83. The molecule has 1 fully saturated rings. The van der Waals surface area contributed by atoms with Gasteiger partial charge in [0.15, 0.2) is 0 Å². The van der Waals surface area contributed by atoms with Crippen LogP contribution in [-0.4, -0.2) is 32.9 Å². The summed E-state index contributed by atoms with van der Waals surface area (Å²) in [4.78, 5) is 0.420. The molecule has 0 aliphatic carbocycles. The summed E-state index contributed by atoms with van der Waals surface area (Å²) < 4.78 is 33.4. The van der Waals surface area contributed by atoms with Crippen molar-refractivity contribution in [2.75, 3.05) is 20.2 Å². The molecule has 0 amide bonds. The van der Waals surface area contributed by atoms with Crippen LogP contribution in [0, 0.1) is 18.8 Å². The van der Waals surface area contributed by atoms with Crippen molar-refractivity contribution in [3.05, 3.63) is 23.3 Å². The van der Waals surface area contributed by atoms with Gasteiger partial charge in [0.2, 0.25) is 10.0 Å². The summed E-state index contributed by atoms with van der Waals surface area (Å²) in [5.41, 5.74) is 1.69. The summed E-state index contributed by atoms with van der Waals surface area (Å²) in [5, 5.41) is 0. The first kappa shape index (κ1) is 18.3. The number of piperidine rings is 1.